The molecule has 0 fully saturated rings. The van der Waals surface area contributed by atoms with Gasteiger partial charge in [-0.2, -0.15) is 10.2 Å². The third-order valence-electron chi connectivity index (χ3n) is 1.42. The molecule has 0 spiro atoms. The SMILES string of the molecule is Cc1cnnc(C(C)(C)O)c1. The van der Waals surface area contributed by atoms with Crippen LogP contribution in [-0.2, 0) is 5.60 Å². The van der Waals surface area contributed by atoms with Crippen LogP contribution in [0.4, 0.5) is 0 Å². The molecule has 0 aromatic carbocycles. The first-order valence-corrected chi connectivity index (χ1v) is 3.52. The fourth-order valence-corrected chi connectivity index (χ4v) is 0.763. The standard InChI is InChI=1S/C8H12N2O/c1-6-4-7(8(2,3)11)10-9-5-6/h4-5,11H,1-3H3. The summed E-state index contributed by atoms with van der Waals surface area (Å²) in [6.07, 6.45) is 1.66. The average molecular weight is 152 g/mol. The van der Waals surface area contributed by atoms with E-state index in [0.717, 1.165) is 5.56 Å². The summed E-state index contributed by atoms with van der Waals surface area (Å²) in [6, 6.07) is 1.83. The smallest absolute Gasteiger partial charge is 0.103 e. The molecule has 0 atom stereocenters. The maximum absolute atomic E-state index is 9.51. The van der Waals surface area contributed by atoms with Crippen LogP contribution in [0.3, 0.4) is 0 Å². The summed E-state index contributed by atoms with van der Waals surface area (Å²) in [7, 11) is 0. The molecule has 60 valence electrons. The predicted octanol–water partition coefficient (Wildman–Crippen LogP) is 1.01. The Morgan fingerprint density at radius 2 is 2.09 bits per heavy atom. The lowest BCUT2D eigenvalue weighted by atomic mass is 10.0. The zero-order valence-corrected chi connectivity index (χ0v) is 7.00. The molecule has 1 N–H and O–H groups in total. The van der Waals surface area contributed by atoms with Crippen molar-refractivity contribution in [1.82, 2.24) is 10.2 Å². The number of hydrogen-bond donors (Lipinski definition) is 1. The lowest BCUT2D eigenvalue weighted by Gasteiger charge is -2.15. The van der Waals surface area contributed by atoms with E-state index in [0.29, 0.717) is 5.69 Å². The predicted molar refractivity (Wildman–Crippen MR) is 42.0 cm³/mol. The molecule has 1 heterocycles. The van der Waals surface area contributed by atoms with Gasteiger partial charge >= 0.3 is 0 Å². The molecule has 0 radical (unpaired) electrons. The Hall–Kier alpha value is -0.960. The maximum atomic E-state index is 9.51. The van der Waals surface area contributed by atoms with Crippen LogP contribution in [0.1, 0.15) is 25.1 Å². The Bertz CT molecular complexity index is 253. The molecule has 0 saturated carbocycles. The van der Waals surface area contributed by atoms with E-state index in [4.69, 9.17) is 0 Å². The molecule has 0 aliphatic rings. The first-order chi connectivity index (χ1) is 5.00. The number of rotatable bonds is 1. The van der Waals surface area contributed by atoms with Gasteiger partial charge in [-0.1, -0.05) is 0 Å². The molecule has 0 aliphatic heterocycles. The van der Waals surface area contributed by atoms with E-state index in [1.807, 2.05) is 13.0 Å². The van der Waals surface area contributed by atoms with Crippen molar-refractivity contribution in [2.45, 2.75) is 26.4 Å². The van der Waals surface area contributed by atoms with Crippen molar-refractivity contribution in [2.75, 3.05) is 0 Å². The van der Waals surface area contributed by atoms with Crippen molar-refractivity contribution < 1.29 is 5.11 Å². The Morgan fingerprint density at radius 1 is 1.45 bits per heavy atom. The van der Waals surface area contributed by atoms with Crippen LogP contribution in [0.25, 0.3) is 0 Å². The van der Waals surface area contributed by atoms with Gasteiger partial charge in [-0.3, -0.25) is 0 Å². The summed E-state index contributed by atoms with van der Waals surface area (Å²) < 4.78 is 0. The van der Waals surface area contributed by atoms with Gasteiger partial charge in [0.25, 0.3) is 0 Å². The van der Waals surface area contributed by atoms with Gasteiger partial charge in [0, 0.05) is 0 Å². The molecular weight excluding hydrogens is 140 g/mol. The topological polar surface area (TPSA) is 46.0 Å². The molecule has 0 saturated heterocycles. The fraction of sp³-hybridized carbons (Fsp3) is 0.500. The highest BCUT2D eigenvalue weighted by molar-refractivity contribution is 5.14. The van der Waals surface area contributed by atoms with Gasteiger partial charge in [0.2, 0.25) is 0 Å². The molecule has 0 bridgehead atoms. The van der Waals surface area contributed by atoms with Gasteiger partial charge in [0.15, 0.2) is 0 Å². The molecule has 3 nitrogen and oxygen atoms in total. The molecule has 1 aromatic heterocycles. The second-order valence-electron chi connectivity index (χ2n) is 3.18. The van der Waals surface area contributed by atoms with Gasteiger partial charge in [0.1, 0.15) is 5.60 Å². The normalized spacial score (nSPS) is 11.6. The average Bonchev–Trinajstić information content (AvgIpc) is 1.86. The lowest BCUT2D eigenvalue weighted by Crippen LogP contribution is -2.18. The molecule has 0 amide bonds. The summed E-state index contributed by atoms with van der Waals surface area (Å²) in [6.45, 7) is 5.30. The number of aryl methyl sites for hydroxylation is 1. The molecule has 0 unspecified atom stereocenters. The van der Waals surface area contributed by atoms with Crippen molar-refractivity contribution in [3.05, 3.63) is 23.5 Å². The highest BCUT2D eigenvalue weighted by atomic mass is 16.3. The van der Waals surface area contributed by atoms with Crippen LogP contribution >= 0.6 is 0 Å². The molecule has 1 rings (SSSR count). The minimum Gasteiger partial charge on any atom is -0.384 e. The van der Waals surface area contributed by atoms with E-state index in [2.05, 4.69) is 10.2 Å². The summed E-state index contributed by atoms with van der Waals surface area (Å²) >= 11 is 0. The number of aromatic nitrogens is 2. The van der Waals surface area contributed by atoms with E-state index < -0.39 is 5.60 Å². The number of hydrogen-bond acceptors (Lipinski definition) is 3. The Labute approximate surface area is 66.1 Å². The van der Waals surface area contributed by atoms with Crippen LogP contribution in [-0.4, -0.2) is 15.3 Å². The van der Waals surface area contributed by atoms with Gasteiger partial charge < -0.3 is 5.11 Å². The second kappa shape index (κ2) is 2.58. The zero-order valence-electron chi connectivity index (χ0n) is 7.00. The van der Waals surface area contributed by atoms with Crippen molar-refractivity contribution in [3.63, 3.8) is 0 Å². The quantitative estimate of drug-likeness (QED) is 0.653. The van der Waals surface area contributed by atoms with E-state index in [1.165, 1.54) is 0 Å². The molecule has 3 heteroatoms. The first-order valence-electron chi connectivity index (χ1n) is 3.52. The number of nitrogens with zero attached hydrogens (tertiary/aromatic N) is 2. The molecular formula is C8H12N2O. The molecule has 1 aromatic rings. The van der Waals surface area contributed by atoms with E-state index in [9.17, 15) is 5.11 Å². The third-order valence-corrected chi connectivity index (χ3v) is 1.42. The Kier molecular flexibility index (Phi) is 1.91. The van der Waals surface area contributed by atoms with Crippen molar-refractivity contribution >= 4 is 0 Å². The van der Waals surface area contributed by atoms with Gasteiger partial charge in [-0.25, -0.2) is 0 Å². The molecule has 0 aliphatic carbocycles. The third kappa shape index (κ3) is 1.98. The van der Waals surface area contributed by atoms with Crippen LogP contribution in [0.2, 0.25) is 0 Å². The minimum atomic E-state index is -0.890. The lowest BCUT2D eigenvalue weighted by molar-refractivity contribution is 0.0727. The summed E-state index contributed by atoms with van der Waals surface area (Å²) in [5.74, 6) is 0. The minimum absolute atomic E-state index is 0.609. The van der Waals surface area contributed by atoms with Crippen LogP contribution in [0.15, 0.2) is 12.3 Å². The van der Waals surface area contributed by atoms with E-state index >= 15 is 0 Å². The van der Waals surface area contributed by atoms with Crippen LogP contribution < -0.4 is 0 Å². The van der Waals surface area contributed by atoms with Gasteiger partial charge in [-0.05, 0) is 32.4 Å². The fourth-order valence-electron chi connectivity index (χ4n) is 0.763. The van der Waals surface area contributed by atoms with Gasteiger partial charge in [-0.15, -0.1) is 0 Å². The highest BCUT2D eigenvalue weighted by Gasteiger charge is 2.17. The van der Waals surface area contributed by atoms with Crippen LogP contribution in [0, 0.1) is 6.92 Å². The Morgan fingerprint density at radius 3 is 2.45 bits per heavy atom. The highest BCUT2D eigenvalue weighted by Crippen LogP contribution is 2.16. The molecule has 11 heavy (non-hydrogen) atoms. The maximum Gasteiger partial charge on any atom is 0.103 e. The summed E-state index contributed by atoms with van der Waals surface area (Å²) in [5.41, 5.74) is 0.730. The van der Waals surface area contributed by atoms with Crippen molar-refractivity contribution in [2.24, 2.45) is 0 Å². The van der Waals surface area contributed by atoms with Crippen molar-refractivity contribution in [1.29, 1.82) is 0 Å². The summed E-state index contributed by atoms with van der Waals surface area (Å²) in [4.78, 5) is 0. The Balaban J connectivity index is 3.06. The largest absolute Gasteiger partial charge is 0.384 e. The van der Waals surface area contributed by atoms with Crippen molar-refractivity contribution in [3.8, 4) is 0 Å². The van der Waals surface area contributed by atoms with Crippen LogP contribution in [0.5, 0.6) is 0 Å². The monoisotopic (exact) mass is 152 g/mol. The van der Waals surface area contributed by atoms with E-state index in [1.54, 1.807) is 20.0 Å². The summed E-state index contributed by atoms with van der Waals surface area (Å²) in [5, 5.41) is 17.1. The second-order valence-corrected chi connectivity index (χ2v) is 3.18. The number of aliphatic hydroxyl groups is 1. The van der Waals surface area contributed by atoms with Gasteiger partial charge in [0.05, 0.1) is 11.9 Å². The van der Waals surface area contributed by atoms with E-state index in [-0.39, 0.29) is 0 Å². The first kappa shape index (κ1) is 8.14. The zero-order chi connectivity index (χ0) is 8.48.